The van der Waals surface area contributed by atoms with Crippen molar-refractivity contribution in [2.45, 2.75) is 36.6 Å². The van der Waals surface area contributed by atoms with E-state index in [-0.39, 0.29) is 36.5 Å². The van der Waals surface area contributed by atoms with Gasteiger partial charge in [0.2, 0.25) is 0 Å². The molecule has 2 N–H and O–H groups in total. The highest BCUT2D eigenvalue weighted by molar-refractivity contribution is 6.30. The molecule has 1 amide bonds. The Labute approximate surface area is 230 Å². The van der Waals surface area contributed by atoms with Crippen LogP contribution in [0.25, 0.3) is 0 Å². The van der Waals surface area contributed by atoms with Gasteiger partial charge in [-0.05, 0) is 60.5 Å². The maximum Gasteiger partial charge on any atom is 0.415 e. The van der Waals surface area contributed by atoms with Crippen LogP contribution in [0, 0.1) is 11.7 Å². The molecule has 2 aliphatic heterocycles. The van der Waals surface area contributed by atoms with E-state index in [1.807, 2.05) is 24.3 Å². The fourth-order valence-electron chi connectivity index (χ4n) is 5.53. The summed E-state index contributed by atoms with van der Waals surface area (Å²) in [6, 6.07) is 16.1. The number of nitrogens with zero attached hydrogens (tertiary/aromatic N) is 2. The Morgan fingerprint density at radius 1 is 1.03 bits per heavy atom. The smallest absolute Gasteiger partial charge is 0.410 e. The van der Waals surface area contributed by atoms with E-state index in [0.717, 1.165) is 11.3 Å². The average Bonchev–Trinajstić information content (AvgIpc) is 3.39. The summed E-state index contributed by atoms with van der Waals surface area (Å²) in [6.45, 7) is 0.417. The van der Waals surface area contributed by atoms with Gasteiger partial charge >= 0.3 is 6.09 Å². The van der Waals surface area contributed by atoms with Gasteiger partial charge in [-0.2, -0.15) is 0 Å². The average molecular weight is 555 g/mol. The molecule has 0 spiro atoms. The lowest BCUT2D eigenvalue weighted by Gasteiger charge is -2.36. The van der Waals surface area contributed by atoms with Gasteiger partial charge in [-0.15, -0.1) is 0 Å². The number of halogens is 3. The van der Waals surface area contributed by atoms with E-state index < -0.39 is 36.1 Å². The van der Waals surface area contributed by atoms with E-state index in [9.17, 15) is 14.0 Å². The van der Waals surface area contributed by atoms with E-state index in [2.05, 4.69) is 15.6 Å². The quantitative estimate of drug-likeness (QED) is 0.460. The van der Waals surface area contributed by atoms with Crippen molar-refractivity contribution in [1.82, 2.24) is 20.5 Å². The molecular formula is C29H29ClF2N4O3. The number of benzene rings is 2. The van der Waals surface area contributed by atoms with E-state index in [4.69, 9.17) is 16.3 Å². The summed E-state index contributed by atoms with van der Waals surface area (Å²) in [4.78, 5) is 32.9. The second-order valence-electron chi connectivity index (χ2n) is 9.94. The van der Waals surface area contributed by atoms with Gasteiger partial charge in [-0.1, -0.05) is 29.8 Å². The highest BCUT2D eigenvalue weighted by atomic mass is 35.5. The molecule has 3 aromatic rings. The third kappa shape index (κ3) is 5.95. The molecule has 0 radical (unpaired) electrons. The van der Waals surface area contributed by atoms with Gasteiger partial charge in [0, 0.05) is 37.3 Å². The van der Waals surface area contributed by atoms with Crippen molar-refractivity contribution in [3.05, 3.63) is 95.0 Å². The van der Waals surface area contributed by atoms with Gasteiger partial charge in [0.1, 0.15) is 17.7 Å². The highest BCUT2D eigenvalue weighted by Gasteiger charge is 2.49. The number of Topliss-reactive ketones (excluding diaryl/α,β-unsaturated/α-hetero) is 1. The fourth-order valence-corrected chi connectivity index (χ4v) is 5.65. The third-order valence-corrected chi connectivity index (χ3v) is 7.82. The van der Waals surface area contributed by atoms with Crippen LogP contribution < -0.4 is 15.4 Å². The van der Waals surface area contributed by atoms with Crippen molar-refractivity contribution in [3.63, 3.8) is 0 Å². The second kappa shape index (κ2) is 11.8. The van der Waals surface area contributed by atoms with E-state index in [1.165, 1.54) is 29.2 Å². The van der Waals surface area contributed by atoms with Gasteiger partial charge in [-0.3, -0.25) is 9.78 Å². The summed E-state index contributed by atoms with van der Waals surface area (Å²) in [6.07, 6.45) is -0.175. The predicted molar refractivity (Wildman–Crippen MR) is 143 cm³/mol. The number of ether oxygens (including phenoxy) is 1. The van der Waals surface area contributed by atoms with Gasteiger partial charge in [0.15, 0.2) is 5.78 Å². The van der Waals surface area contributed by atoms with Gasteiger partial charge in [-0.25, -0.2) is 13.6 Å². The first-order valence-corrected chi connectivity index (χ1v) is 13.2. The van der Waals surface area contributed by atoms with Crippen LogP contribution in [-0.4, -0.2) is 60.2 Å². The number of piperidine rings is 1. The molecule has 39 heavy (non-hydrogen) atoms. The monoisotopic (exact) mass is 554 g/mol. The van der Waals surface area contributed by atoms with Crippen molar-refractivity contribution in [3.8, 4) is 5.75 Å². The molecule has 2 aromatic carbocycles. The SMILES string of the molecule is CN(C(=O)Oc1ccc(F)cc1)[C@@H]1C(C(=O)C2CC(c3ccccn3)NCC2F)NC[C@H]1c1ccc(Cl)cc1. The summed E-state index contributed by atoms with van der Waals surface area (Å²) in [5.74, 6) is -1.75. The molecule has 6 atom stereocenters. The maximum atomic E-state index is 15.2. The number of alkyl halides is 1. The van der Waals surface area contributed by atoms with Gasteiger partial charge < -0.3 is 20.3 Å². The molecule has 1 aromatic heterocycles. The Hall–Kier alpha value is -3.40. The number of hydrogen-bond donors (Lipinski definition) is 2. The number of nitrogens with one attached hydrogen (secondary N) is 2. The molecule has 0 bridgehead atoms. The lowest BCUT2D eigenvalue weighted by Crippen LogP contribution is -2.55. The number of amides is 1. The van der Waals surface area contributed by atoms with E-state index in [1.54, 1.807) is 31.4 Å². The fraction of sp³-hybridized carbons (Fsp3) is 0.345. The Kier molecular flexibility index (Phi) is 8.20. The van der Waals surface area contributed by atoms with Crippen LogP contribution >= 0.6 is 11.6 Å². The largest absolute Gasteiger partial charge is 0.415 e. The summed E-state index contributed by atoms with van der Waals surface area (Å²) >= 11 is 6.10. The number of likely N-dealkylation sites (N-methyl/N-ethyl adjacent to an activating group) is 1. The summed E-state index contributed by atoms with van der Waals surface area (Å²) in [7, 11) is 1.55. The Morgan fingerprint density at radius 2 is 1.77 bits per heavy atom. The number of ketones is 1. The van der Waals surface area contributed by atoms with Crippen molar-refractivity contribution in [2.24, 2.45) is 5.92 Å². The molecule has 2 fully saturated rings. The van der Waals surface area contributed by atoms with E-state index in [0.29, 0.717) is 11.6 Å². The molecule has 0 saturated carbocycles. The van der Waals surface area contributed by atoms with Crippen LogP contribution in [0.5, 0.6) is 5.75 Å². The molecule has 10 heteroatoms. The molecule has 7 nitrogen and oxygen atoms in total. The first kappa shape index (κ1) is 27.2. The summed E-state index contributed by atoms with van der Waals surface area (Å²) < 4.78 is 34.0. The summed E-state index contributed by atoms with van der Waals surface area (Å²) in [5, 5.41) is 6.98. The number of aromatic nitrogens is 1. The number of hydrogen-bond acceptors (Lipinski definition) is 6. The molecule has 2 aliphatic rings. The lowest BCUT2D eigenvalue weighted by molar-refractivity contribution is -0.129. The van der Waals surface area contributed by atoms with Crippen LogP contribution in [-0.2, 0) is 4.79 Å². The number of carbonyl (C=O) groups excluding carboxylic acids is 2. The maximum absolute atomic E-state index is 15.2. The number of carbonyl (C=O) groups is 2. The number of rotatable bonds is 6. The molecule has 4 unspecified atom stereocenters. The Bertz CT molecular complexity index is 1300. The normalized spacial score (nSPS) is 26.7. The zero-order valence-corrected chi connectivity index (χ0v) is 22.0. The molecule has 3 heterocycles. The lowest BCUT2D eigenvalue weighted by atomic mass is 9.80. The molecule has 2 saturated heterocycles. The number of pyridine rings is 1. The van der Waals surface area contributed by atoms with Crippen molar-refractivity contribution >= 4 is 23.5 Å². The van der Waals surface area contributed by atoms with Gasteiger partial charge in [0.25, 0.3) is 0 Å². The Morgan fingerprint density at radius 3 is 2.46 bits per heavy atom. The summed E-state index contributed by atoms with van der Waals surface area (Å²) in [5.41, 5.74) is 1.62. The second-order valence-corrected chi connectivity index (χ2v) is 10.4. The first-order chi connectivity index (χ1) is 18.8. The Balaban J connectivity index is 1.41. The molecular weight excluding hydrogens is 526 g/mol. The van der Waals surface area contributed by atoms with Gasteiger partial charge in [0.05, 0.1) is 29.7 Å². The molecule has 0 aliphatic carbocycles. The standard InChI is InChI=1S/C29H29ClF2N4O3/c1-36(29(38)39-20-11-9-19(31)10-12-20)27-22(17-5-7-18(30)8-6-17)15-35-26(27)28(37)21-14-25(34-16-23(21)32)24-4-2-3-13-33-24/h2-13,21-23,25-27,34-35H,14-16H2,1H3/t21?,22-,23?,25?,26?,27-/m0/s1. The first-order valence-electron chi connectivity index (χ1n) is 12.8. The van der Waals surface area contributed by atoms with E-state index >= 15 is 4.39 Å². The van der Waals surface area contributed by atoms with Crippen molar-refractivity contribution < 1.29 is 23.1 Å². The van der Waals surface area contributed by atoms with Crippen LogP contribution in [0.15, 0.2) is 72.9 Å². The minimum atomic E-state index is -1.38. The zero-order chi connectivity index (χ0) is 27.5. The topological polar surface area (TPSA) is 83.6 Å². The van der Waals surface area contributed by atoms with Crippen LogP contribution in [0.1, 0.15) is 29.6 Å². The van der Waals surface area contributed by atoms with Crippen LogP contribution in [0.4, 0.5) is 13.6 Å². The van der Waals surface area contributed by atoms with Crippen molar-refractivity contribution in [2.75, 3.05) is 20.1 Å². The van der Waals surface area contributed by atoms with Crippen LogP contribution in [0.2, 0.25) is 5.02 Å². The minimum absolute atomic E-state index is 0.0259. The molecule has 204 valence electrons. The minimum Gasteiger partial charge on any atom is -0.410 e. The predicted octanol–water partition coefficient (Wildman–Crippen LogP) is 4.69. The van der Waals surface area contributed by atoms with Crippen LogP contribution in [0.3, 0.4) is 0 Å². The van der Waals surface area contributed by atoms with Crippen molar-refractivity contribution in [1.29, 1.82) is 0 Å². The zero-order valence-electron chi connectivity index (χ0n) is 21.3. The highest BCUT2D eigenvalue weighted by Crippen LogP contribution is 2.36. The third-order valence-electron chi connectivity index (χ3n) is 7.57. The molecule has 5 rings (SSSR count).